The molecule has 0 aliphatic heterocycles. The Balaban J connectivity index is 2.24. The monoisotopic (exact) mass is 243 g/mol. The lowest BCUT2D eigenvalue weighted by atomic mass is 10.4. The van der Waals surface area contributed by atoms with Gasteiger partial charge in [-0.2, -0.15) is 5.10 Å². The van der Waals surface area contributed by atoms with E-state index in [2.05, 4.69) is 25.5 Å². The van der Waals surface area contributed by atoms with Gasteiger partial charge in [-0.25, -0.2) is 9.97 Å². The highest BCUT2D eigenvalue weighted by Gasteiger charge is 2.03. The quantitative estimate of drug-likeness (QED) is 0.629. The van der Waals surface area contributed by atoms with E-state index in [1.54, 1.807) is 6.07 Å². The molecule has 2 rings (SSSR count). The second-order valence-corrected chi connectivity index (χ2v) is 3.63. The van der Waals surface area contributed by atoms with E-state index in [-0.39, 0.29) is 10.4 Å². The van der Waals surface area contributed by atoms with Crippen LogP contribution in [0.4, 0.5) is 11.6 Å². The van der Waals surface area contributed by atoms with Crippen LogP contribution in [0.3, 0.4) is 0 Å². The van der Waals surface area contributed by atoms with Crippen molar-refractivity contribution >= 4 is 34.8 Å². The Morgan fingerprint density at radius 3 is 2.60 bits per heavy atom. The van der Waals surface area contributed by atoms with E-state index in [0.717, 1.165) is 5.69 Å². The Morgan fingerprint density at radius 2 is 2.00 bits per heavy atom. The largest absolute Gasteiger partial charge is 0.323 e. The van der Waals surface area contributed by atoms with Crippen molar-refractivity contribution in [1.29, 1.82) is 0 Å². The van der Waals surface area contributed by atoms with Gasteiger partial charge in [-0.3, -0.25) is 5.10 Å². The van der Waals surface area contributed by atoms with Gasteiger partial charge >= 0.3 is 0 Å². The summed E-state index contributed by atoms with van der Waals surface area (Å²) in [5.74, 6) is 1.16. The van der Waals surface area contributed by atoms with Crippen molar-refractivity contribution in [3.05, 3.63) is 28.3 Å². The first-order chi connectivity index (χ1) is 7.13. The molecule has 0 aliphatic carbocycles. The molecular weight excluding hydrogens is 237 g/mol. The molecule has 2 heterocycles. The predicted octanol–water partition coefficient (Wildman–Crippen LogP) is 2.56. The number of aryl methyl sites for hydroxylation is 1. The molecule has 0 aliphatic rings. The predicted molar refractivity (Wildman–Crippen MR) is 58.7 cm³/mol. The van der Waals surface area contributed by atoms with Crippen molar-refractivity contribution in [3.63, 3.8) is 0 Å². The van der Waals surface area contributed by atoms with Gasteiger partial charge in [0.25, 0.3) is 0 Å². The molecule has 78 valence electrons. The summed E-state index contributed by atoms with van der Waals surface area (Å²) in [6.45, 7) is 1.90. The summed E-state index contributed by atoms with van der Waals surface area (Å²) in [7, 11) is 0. The van der Waals surface area contributed by atoms with Gasteiger partial charge in [0.2, 0.25) is 5.28 Å². The van der Waals surface area contributed by atoms with Gasteiger partial charge in [0, 0.05) is 17.8 Å². The Morgan fingerprint density at radius 1 is 1.20 bits per heavy atom. The van der Waals surface area contributed by atoms with Gasteiger partial charge in [0.05, 0.1) is 0 Å². The smallest absolute Gasteiger partial charge is 0.225 e. The Labute approximate surface area is 95.8 Å². The third-order valence-electron chi connectivity index (χ3n) is 1.63. The number of aromatic nitrogens is 4. The highest BCUT2D eigenvalue weighted by atomic mass is 35.5. The number of nitrogens with zero attached hydrogens (tertiary/aromatic N) is 3. The molecule has 0 fully saturated rings. The molecule has 0 aromatic carbocycles. The van der Waals surface area contributed by atoms with Crippen molar-refractivity contribution in [3.8, 4) is 0 Å². The van der Waals surface area contributed by atoms with E-state index >= 15 is 0 Å². The minimum absolute atomic E-state index is 0.0947. The molecule has 0 atom stereocenters. The number of rotatable bonds is 2. The summed E-state index contributed by atoms with van der Waals surface area (Å²) in [6, 6.07) is 3.40. The molecule has 2 N–H and O–H groups in total. The lowest BCUT2D eigenvalue weighted by molar-refractivity contribution is 1.05. The lowest BCUT2D eigenvalue weighted by Crippen LogP contribution is -1.95. The zero-order valence-corrected chi connectivity index (χ0v) is 9.26. The molecule has 0 radical (unpaired) electrons. The second-order valence-electron chi connectivity index (χ2n) is 2.91. The normalized spacial score (nSPS) is 10.3. The maximum atomic E-state index is 5.72. The van der Waals surface area contributed by atoms with Crippen LogP contribution in [0.15, 0.2) is 12.1 Å². The van der Waals surface area contributed by atoms with Gasteiger partial charge in [0.15, 0.2) is 5.82 Å². The average molecular weight is 244 g/mol. The number of hydrogen-bond acceptors (Lipinski definition) is 4. The number of halogens is 2. The molecule has 2 aromatic heterocycles. The minimum atomic E-state index is 0.0947. The van der Waals surface area contributed by atoms with Crippen LogP contribution in [0.25, 0.3) is 0 Å². The zero-order valence-electron chi connectivity index (χ0n) is 7.75. The molecule has 2 aromatic rings. The maximum absolute atomic E-state index is 5.72. The molecule has 0 saturated carbocycles. The van der Waals surface area contributed by atoms with E-state index in [0.29, 0.717) is 11.6 Å². The van der Waals surface area contributed by atoms with Crippen LogP contribution in [-0.2, 0) is 0 Å². The molecule has 0 bridgehead atoms. The van der Waals surface area contributed by atoms with Crippen LogP contribution in [0.2, 0.25) is 10.4 Å². The fourth-order valence-electron chi connectivity index (χ4n) is 1.07. The first-order valence-corrected chi connectivity index (χ1v) is 4.88. The number of H-pyrrole nitrogens is 1. The molecule has 5 nitrogen and oxygen atoms in total. The highest BCUT2D eigenvalue weighted by molar-refractivity contribution is 6.32. The van der Waals surface area contributed by atoms with Crippen LogP contribution < -0.4 is 5.32 Å². The summed E-state index contributed by atoms with van der Waals surface area (Å²) in [6.07, 6.45) is 0. The molecule has 0 unspecified atom stereocenters. The van der Waals surface area contributed by atoms with Crippen molar-refractivity contribution < 1.29 is 0 Å². The summed E-state index contributed by atoms with van der Waals surface area (Å²) < 4.78 is 0. The molecular formula is C8H7Cl2N5. The van der Waals surface area contributed by atoms with Crippen LogP contribution in [0, 0.1) is 6.92 Å². The minimum Gasteiger partial charge on any atom is -0.323 e. The first kappa shape index (κ1) is 10.2. The lowest BCUT2D eigenvalue weighted by Gasteiger charge is -2.01. The third kappa shape index (κ3) is 2.57. The van der Waals surface area contributed by atoms with Crippen LogP contribution in [0.5, 0.6) is 0 Å². The molecule has 15 heavy (non-hydrogen) atoms. The number of anilines is 2. The highest BCUT2D eigenvalue weighted by Crippen LogP contribution is 2.17. The van der Waals surface area contributed by atoms with Crippen LogP contribution >= 0.6 is 23.2 Å². The Hall–Kier alpha value is -1.33. The Kier molecular flexibility index (Phi) is 2.75. The zero-order chi connectivity index (χ0) is 10.8. The van der Waals surface area contributed by atoms with E-state index < -0.39 is 0 Å². The molecule has 0 saturated heterocycles. The van der Waals surface area contributed by atoms with Crippen molar-refractivity contribution in [2.45, 2.75) is 6.92 Å². The van der Waals surface area contributed by atoms with E-state index in [1.807, 2.05) is 13.0 Å². The van der Waals surface area contributed by atoms with E-state index in [1.165, 1.54) is 0 Å². The maximum Gasteiger partial charge on any atom is 0.225 e. The second kappa shape index (κ2) is 4.04. The van der Waals surface area contributed by atoms with Gasteiger partial charge < -0.3 is 5.32 Å². The summed E-state index contributed by atoms with van der Waals surface area (Å²) in [4.78, 5) is 7.68. The number of nitrogens with one attached hydrogen (secondary N) is 2. The SMILES string of the molecule is Cc1cc(Nc2cc(Cl)nc(Cl)n2)n[nH]1. The van der Waals surface area contributed by atoms with Gasteiger partial charge in [-0.05, 0) is 18.5 Å². The standard InChI is InChI=1S/C8H7Cl2N5/c1-4-2-7(15-14-4)12-6-3-5(9)11-8(10)13-6/h2-3H,1H3,(H2,11,12,13,14,15). The van der Waals surface area contributed by atoms with E-state index in [9.17, 15) is 0 Å². The molecule has 7 heteroatoms. The molecule has 0 amide bonds. The van der Waals surface area contributed by atoms with Crippen LogP contribution in [-0.4, -0.2) is 20.2 Å². The fraction of sp³-hybridized carbons (Fsp3) is 0.125. The number of aromatic amines is 1. The van der Waals surface area contributed by atoms with Gasteiger partial charge in [-0.15, -0.1) is 0 Å². The first-order valence-electron chi connectivity index (χ1n) is 4.12. The summed E-state index contributed by atoms with van der Waals surface area (Å²) in [5, 5.41) is 10.1. The number of hydrogen-bond donors (Lipinski definition) is 2. The van der Waals surface area contributed by atoms with Crippen molar-refractivity contribution in [2.24, 2.45) is 0 Å². The topological polar surface area (TPSA) is 66.5 Å². The van der Waals surface area contributed by atoms with Gasteiger partial charge in [0.1, 0.15) is 11.0 Å². The Bertz CT molecular complexity index is 461. The summed E-state index contributed by atoms with van der Waals surface area (Å²) >= 11 is 11.4. The van der Waals surface area contributed by atoms with E-state index in [4.69, 9.17) is 23.2 Å². The van der Waals surface area contributed by atoms with Gasteiger partial charge in [-0.1, -0.05) is 11.6 Å². The fourth-order valence-corrected chi connectivity index (χ4v) is 1.48. The van der Waals surface area contributed by atoms with Crippen molar-refractivity contribution in [2.75, 3.05) is 5.32 Å². The van der Waals surface area contributed by atoms with Crippen LogP contribution in [0.1, 0.15) is 5.69 Å². The van der Waals surface area contributed by atoms with Crippen molar-refractivity contribution in [1.82, 2.24) is 20.2 Å². The summed E-state index contributed by atoms with van der Waals surface area (Å²) in [5.41, 5.74) is 0.948. The average Bonchev–Trinajstić information content (AvgIpc) is 2.49. The molecule has 0 spiro atoms. The third-order valence-corrected chi connectivity index (χ3v) is 1.99.